The van der Waals surface area contributed by atoms with Crippen molar-refractivity contribution in [2.45, 2.75) is 27.7 Å². The SMILES string of the molecule is COc1ccc(-c2ccc3n2[B-](F)(F)[N+]2=C(C)C(C(C)C)=C(C)C2=C3)cc1. The van der Waals surface area contributed by atoms with Crippen molar-refractivity contribution in [1.29, 1.82) is 0 Å². The molecule has 0 amide bonds. The Morgan fingerprint density at radius 3 is 2.30 bits per heavy atom. The lowest BCUT2D eigenvalue weighted by molar-refractivity contribution is -0.362. The number of allylic oxidation sites excluding steroid dienone is 2. The van der Waals surface area contributed by atoms with E-state index >= 15 is 8.63 Å². The highest BCUT2D eigenvalue weighted by Crippen LogP contribution is 2.41. The quantitative estimate of drug-likeness (QED) is 0.681. The van der Waals surface area contributed by atoms with Crippen molar-refractivity contribution in [1.82, 2.24) is 4.48 Å². The molecule has 6 heteroatoms. The van der Waals surface area contributed by atoms with Gasteiger partial charge in [0.2, 0.25) is 0 Å². The molecule has 0 saturated heterocycles. The molecule has 0 fully saturated rings. The number of fused-ring (bicyclic) bond motifs is 2. The fourth-order valence-corrected chi connectivity index (χ4v) is 4.51. The predicted molar refractivity (Wildman–Crippen MR) is 106 cm³/mol. The Kier molecular flexibility index (Phi) is 3.91. The van der Waals surface area contributed by atoms with Gasteiger partial charge < -0.3 is 22.3 Å². The Morgan fingerprint density at radius 1 is 1.04 bits per heavy atom. The Morgan fingerprint density at radius 2 is 1.70 bits per heavy atom. The number of methoxy groups -OCH3 is 1. The third kappa shape index (κ3) is 2.42. The number of rotatable bonds is 3. The van der Waals surface area contributed by atoms with Gasteiger partial charge in [-0.25, -0.2) is 0 Å². The Labute approximate surface area is 158 Å². The fraction of sp³-hybridized carbons (Fsp3) is 0.286. The van der Waals surface area contributed by atoms with Gasteiger partial charge in [0.25, 0.3) is 0 Å². The highest BCUT2D eigenvalue weighted by molar-refractivity contribution is 6.58. The molecule has 2 aromatic rings. The average molecular weight is 368 g/mol. The van der Waals surface area contributed by atoms with Crippen molar-refractivity contribution < 1.29 is 17.9 Å². The summed E-state index contributed by atoms with van der Waals surface area (Å²) in [6.45, 7) is 3.87. The minimum Gasteiger partial charge on any atom is -0.497 e. The summed E-state index contributed by atoms with van der Waals surface area (Å²) in [6.07, 6.45) is 1.88. The molecule has 0 unspecified atom stereocenters. The molecule has 0 N–H and O–H groups in total. The number of benzene rings is 1. The van der Waals surface area contributed by atoms with Crippen LogP contribution < -0.4 is 4.74 Å². The van der Waals surface area contributed by atoms with Crippen molar-refractivity contribution in [3.05, 3.63) is 58.9 Å². The van der Waals surface area contributed by atoms with Gasteiger partial charge in [-0.1, -0.05) is 13.8 Å². The zero-order chi connectivity index (χ0) is 19.5. The maximum absolute atomic E-state index is 15.8. The lowest BCUT2D eigenvalue weighted by Crippen LogP contribution is -2.50. The number of hydrogen-bond donors (Lipinski definition) is 0. The molecule has 0 aliphatic carbocycles. The summed E-state index contributed by atoms with van der Waals surface area (Å²) >= 11 is 0. The van der Waals surface area contributed by atoms with E-state index in [4.69, 9.17) is 4.74 Å². The molecule has 3 nitrogen and oxygen atoms in total. The topological polar surface area (TPSA) is 17.2 Å². The van der Waals surface area contributed by atoms with Gasteiger partial charge in [0.1, 0.15) is 11.5 Å². The van der Waals surface area contributed by atoms with E-state index in [-0.39, 0.29) is 5.92 Å². The van der Waals surface area contributed by atoms with E-state index in [0.717, 1.165) is 16.7 Å². The van der Waals surface area contributed by atoms with Gasteiger partial charge in [0.05, 0.1) is 7.11 Å². The molecule has 27 heavy (non-hydrogen) atoms. The molecule has 3 heterocycles. The molecule has 4 rings (SSSR count). The van der Waals surface area contributed by atoms with Crippen LogP contribution in [0.1, 0.15) is 33.4 Å². The van der Waals surface area contributed by atoms with Crippen LogP contribution in [0.5, 0.6) is 5.75 Å². The first-order chi connectivity index (χ1) is 12.8. The number of aromatic nitrogens is 1. The molecule has 0 bridgehead atoms. The van der Waals surface area contributed by atoms with E-state index in [0.29, 0.717) is 28.5 Å². The van der Waals surface area contributed by atoms with Crippen LogP contribution in [0.25, 0.3) is 17.3 Å². The van der Waals surface area contributed by atoms with Crippen LogP contribution in [-0.4, -0.2) is 28.8 Å². The van der Waals surface area contributed by atoms with E-state index in [2.05, 4.69) is 13.8 Å². The fourth-order valence-electron chi connectivity index (χ4n) is 4.51. The monoisotopic (exact) mass is 368 g/mol. The van der Waals surface area contributed by atoms with Crippen LogP contribution >= 0.6 is 0 Å². The average Bonchev–Trinajstić information content (AvgIpc) is 3.16. The summed E-state index contributed by atoms with van der Waals surface area (Å²) in [6, 6.07) is 10.8. The normalized spacial score (nSPS) is 18.0. The molecule has 0 saturated carbocycles. The van der Waals surface area contributed by atoms with Crippen molar-refractivity contribution in [3.63, 3.8) is 0 Å². The van der Waals surface area contributed by atoms with Gasteiger partial charge in [-0.15, -0.1) is 0 Å². The zero-order valence-corrected chi connectivity index (χ0v) is 16.3. The van der Waals surface area contributed by atoms with Crippen molar-refractivity contribution in [3.8, 4) is 17.0 Å². The second-order valence-electron chi connectivity index (χ2n) is 7.51. The molecule has 0 spiro atoms. The van der Waals surface area contributed by atoms with Crippen LogP contribution in [0.2, 0.25) is 0 Å². The summed E-state index contributed by atoms with van der Waals surface area (Å²) in [5.41, 5.74) is 5.02. The van der Waals surface area contributed by atoms with Crippen LogP contribution in [0.3, 0.4) is 0 Å². The van der Waals surface area contributed by atoms with Gasteiger partial charge in [0, 0.05) is 35.5 Å². The molecule has 0 radical (unpaired) electrons. The number of nitrogens with zero attached hydrogens (tertiary/aromatic N) is 2. The van der Waals surface area contributed by atoms with Crippen LogP contribution in [0.15, 0.2) is 53.2 Å². The van der Waals surface area contributed by atoms with Crippen LogP contribution in [0, 0.1) is 5.92 Å². The van der Waals surface area contributed by atoms with Gasteiger partial charge in [-0.3, -0.25) is 0 Å². The predicted octanol–water partition coefficient (Wildman–Crippen LogP) is 5.20. The summed E-state index contributed by atoms with van der Waals surface area (Å²) in [4.78, 5) is 0. The first kappa shape index (κ1) is 17.8. The number of ether oxygens (including phenoxy) is 1. The highest BCUT2D eigenvalue weighted by atomic mass is 19.2. The van der Waals surface area contributed by atoms with E-state index in [1.807, 2.05) is 25.1 Å². The molecule has 2 aliphatic rings. The second-order valence-corrected chi connectivity index (χ2v) is 7.51. The Bertz CT molecular complexity index is 1030. The van der Waals surface area contributed by atoms with Crippen molar-refractivity contribution in [2.75, 3.05) is 7.11 Å². The third-order valence-electron chi connectivity index (χ3n) is 5.62. The van der Waals surface area contributed by atoms with E-state index in [9.17, 15) is 0 Å². The number of hydrogen-bond acceptors (Lipinski definition) is 1. The minimum atomic E-state index is -3.98. The molecule has 2 aliphatic heterocycles. The summed E-state index contributed by atoms with van der Waals surface area (Å²) in [7, 11) is 1.59. The van der Waals surface area contributed by atoms with Crippen molar-refractivity contribution >= 4 is 18.8 Å². The summed E-state index contributed by atoms with van der Waals surface area (Å²) in [5, 5.41) is 0. The van der Waals surface area contributed by atoms with Crippen LogP contribution in [-0.2, 0) is 0 Å². The van der Waals surface area contributed by atoms with E-state index < -0.39 is 6.97 Å². The van der Waals surface area contributed by atoms with Gasteiger partial charge >= 0.3 is 6.97 Å². The maximum Gasteiger partial charge on any atom is 0.737 e. The van der Waals surface area contributed by atoms with E-state index in [1.165, 1.54) is 8.96 Å². The summed E-state index contributed by atoms with van der Waals surface area (Å²) in [5.74, 6) is 0.900. The minimum absolute atomic E-state index is 0.198. The van der Waals surface area contributed by atoms with Gasteiger partial charge in [-0.05, 0) is 54.8 Å². The Hall–Kier alpha value is -2.63. The molecule has 0 atom stereocenters. The standard InChI is InChI=1S/C21H23BF2N2O/c1-13(2)21-14(3)20-12-17-8-11-19(16-6-9-18(27-5)10-7-16)26(17)22(23,24)25(20)15(21)4/h6-13H,1-5H3. The highest BCUT2D eigenvalue weighted by Gasteiger charge is 2.54. The van der Waals surface area contributed by atoms with Gasteiger partial charge in [0.15, 0.2) is 5.70 Å². The lowest BCUT2D eigenvalue weighted by Gasteiger charge is -2.31. The zero-order valence-electron chi connectivity index (χ0n) is 16.3. The molecular formula is C21H23BF2N2O. The first-order valence-electron chi connectivity index (χ1n) is 9.21. The third-order valence-corrected chi connectivity index (χ3v) is 5.62. The molecular weight excluding hydrogens is 345 g/mol. The molecule has 1 aromatic heterocycles. The first-order valence-corrected chi connectivity index (χ1v) is 9.21. The Balaban J connectivity index is 1.92. The largest absolute Gasteiger partial charge is 0.737 e. The maximum atomic E-state index is 15.8. The van der Waals surface area contributed by atoms with Crippen molar-refractivity contribution in [2.24, 2.45) is 5.92 Å². The summed E-state index contributed by atoms with van der Waals surface area (Å²) < 4.78 is 39.2. The molecule has 140 valence electrons. The van der Waals surface area contributed by atoms with Gasteiger partial charge in [-0.2, -0.15) is 0 Å². The van der Waals surface area contributed by atoms with E-state index in [1.54, 1.807) is 38.3 Å². The lowest BCUT2D eigenvalue weighted by atomic mass is 9.89. The molecule has 1 aromatic carbocycles. The second kappa shape index (κ2) is 5.94. The smallest absolute Gasteiger partial charge is 0.497 e. The number of halogens is 2. The van der Waals surface area contributed by atoms with Crippen LogP contribution in [0.4, 0.5) is 8.63 Å².